The minimum atomic E-state index is 0.490. The van der Waals surface area contributed by atoms with Crippen LogP contribution in [0, 0.1) is 6.92 Å². The number of nitrogens with one attached hydrogen (secondary N) is 1. The highest BCUT2D eigenvalue weighted by atomic mass is 16.5. The Hall–Kier alpha value is -1.63. The number of hydrogen-bond donors (Lipinski definition) is 2. The zero-order valence-corrected chi connectivity index (χ0v) is 12.3. The number of likely N-dealkylation sites (tertiary alicyclic amines) is 1. The molecule has 7 nitrogen and oxygen atoms in total. The van der Waals surface area contributed by atoms with E-state index >= 15 is 0 Å². The number of aromatic nitrogens is 2. The highest BCUT2D eigenvalue weighted by Crippen LogP contribution is 2.16. The van der Waals surface area contributed by atoms with Crippen LogP contribution in [-0.2, 0) is 6.42 Å². The van der Waals surface area contributed by atoms with Gasteiger partial charge in [0, 0.05) is 19.0 Å². The van der Waals surface area contributed by atoms with Crippen LogP contribution in [0.5, 0.6) is 0 Å². The van der Waals surface area contributed by atoms with Gasteiger partial charge in [-0.05, 0) is 32.9 Å². The van der Waals surface area contributed by atoms with Crippen molar-refractivity contribution in [1.82, 2.24) is 20.4 Å². The number of aliphatic imine (C=N–C) groups is 1. The van der Waals surface area contributed by atoms with Crippen LogP contribution in [0.1, 0.15) is 31.5 Å². The largest absolute Gasteiger partial charge is 0.370 e. The van der Waals surface area contributed by atoms with E-state index in [-0.39, 0.29) is 0 Å². The maximum absolute atomic E-state index is 5.86. The first-order valence-electron chi connectivity index (χ1n) is 7.26. The quantitative estimate of drug-likeness (QED) is 0.575. The molecule has 20 heavy (non-hydrogen) atoms. The van der Waals surface area contributed by atoms with E-state index in [1.807, 2.05) is 0 Å². The van der Waals surface area contributed by atoms with Gasteiger partial charge in [0.05, 0.1) is 6.54 Å². The molecule has 1 aliphatic rings. The summed E-state index contributed by atoms with van der Waals surface area (Å²) in [6.45, 7) is 7.68. The average Bonchev–Trinajstić information content (AvgIpc) is 3.05. The Bertz CT molecular complexity index is 444. The number of hydrogen-bond acceptors (Lipinski definition) is 5. The summed E-state index contributed by atoms with van der Waals surface area (Å²) in [5.74, 6) is 1.77. The van der Waals surface area contributed by atoms with Crippen LogP contribution in [0.15, 0.2) is 9.52 Å². The predicted octanol–water partition coefficient (Wildman–Crippen LogP) is 0.309. The molecule has 0 aromatic carbocycles. The van der Waals surface area contributed by atoms with Crippen LogP contribution >= 0.6 is 0 Å². The SMILES string of the molecule is CCN1CCCC1CN=C(N)NCCc1nc(C)no1. The van der Waals surface area contributed by atoms with Crippen molar-refractivity contribution in [3.63, 3.8) is 0 Å². The van der Waals surface area contributed by atoms with Gasteiger partial charge in [-0.25, -0.2) is 0 Å². The van der Waals surface area contributed by atoms with Crippen LogP contribution in [-0.4, -0.2) is 53.2 Å². The summed E-state index contributed by atoms with van der Waals surface area (Å²) in [6, 6.07) is 0.541. The molecule has 0 radical (unpaired) electrons. The molecule has 1 aromatic rings. The van der Waals surface area contributed by atoms with E-state index in [2.05, 4.69) is 32.3 Å². The van der Waals surface area contributed by atoms with Gasteiger partial charge in [-0.3, -0.25) is 9.89 Å². The highest BCUT2D eigenvalue weighted by molar-refractivity contribution is 5.77. The first-order chi connectivity index (χ1) is 9.69. The Morgan fingerprint density at radius 2 is 2.45 bits per heavy atom. The fourth-order valence-electron chi connectivity index (χ4n) is 2.52. The number of rotatable bonds is 6. The van der Waals surface area contributed by atoms with Crippen LogP contribution in [0.2, 0.25) is 0 Å². The van der Waals surface area contributed by atoms with Crippen molar-refractivity contribution in [1.29, 1.82) is 0 Å². The summed E-state index contributed by atoms with van der Waals surface area (Å²) in [5.41, 5.74) is 5.86. The first-order valence-corrected chi connectivity index (χ1v) is 7.26. The first kappa shape index (κ1) is 14.8. The Balaban J connectivity index is 1.68. The van der Waals surface area contributed by atoms with Gasteiger partial charge in [-0.1, -0.05) is 12.1 Å². The van der Waals surface area contributed by atoms with Gasteiger partial charge in [-0.15, -0.1) is 0 Å². The van der Waals surface area contributed by atoms with Crippen LogP contribution < -0.4 is 11.1 Å². The Morgan fingerprint density at radius 1 is 1.60 bits per heavy atom. The number of nitrogens with zero attached hydrogens (tertiary/aromatic N) is 4. The van der Waals surface area contributed by atoms with Crippen molar-refractivity contribution in [3.05, 3.63) is 11.7 Å². The lowest BCUT2D eigenvalue weighted by Gasteiger charge is -2.20. The molecule has 1 saturated heterocycles. The lowest BCUT2D eigenvalue weighted by atomic mass is 10.2. The van der Waals surface area contributed by atoms with Crippen molar-refractivity contribution in [2.45, 2.75) is 39.2 Å². The predicted molar refractivity (Wildman–Crippen MR) is 77.5 cm³/mol. The van der Waals surface area contributed by atoms with Crippen molar-refractivity contribution in [2.24, 2.45) is 10.7 Å². The van der Waals surface area contributed by atoms with Gasteiger partial charge in [0.2, 0.25) is 5.89 Å². The number of nitrogens with two attached hydrogens (primary N) is 1. The van der Waals surface area contributed by atoms with E-state index in [4.69, 9.17) is 10.3 Å². The second-order valence-electron chi connectivity index (χ2n) is 5.06. The monoisotopic (exact) mass is 280 g/mol. The lowest BCUT2D eigenvalue weighted by molar-refractivity contribution is 0.273. The summed E-state index contributed by atoms with van der Waals surface area (Å²) in [4.78, 5) is 11.0. The van der Waals surface area contributed by atoms with E-state index in [1.165, 1.54) is 19.4 Å². The third-order valence-electron chi connectivity index (χ3n) is 3.59. The molecule has 2 rings (SSSR count). The molecule has 0 saturated carbocycles. The molecule has 0 spiro atoms. The minimum absolute atomic E-state index is 0.490. The zero-order chi connectivity index (χ0) is 14.4. The van der Waals surface area contributed by atoms with Crippen molar-refractivity contribution in [2.75, 3.05) is 26.2 Å². The number of guanidine groups is 1. The van der Waals surface area contributed by atoms with Gasteiger partial charge >= 0.3 is 0 Å². The molecule has 1 atom stereocenters. The summed E-state index contributed by atoms with van der Waals surface area (Å²) in [6.07, 6.45) is 3.13. The van der Waals surface area contributed by atoms with E-state index in [0.717, 1.165) is 13.1 Å². The second-order valence-corrected chi connectivity index (χ2v) is 5.06. The Labute approximate surface area is 119 Å². The van der Waals surface area contributed by atoms with Gasteiger partial charge in [0.15, 0.2) is 11.8 Å². The molecule has 7 heteroatoms. The van der Waals surface area contributed by atoms with Crippen LogP contribution in [0.4, 0.5) is 0 Å². The van der Waals surface area contributed by atoms with Crippen molar-refractivity contribution < 1.29 is 4.52 Å². The fourth-order valence-corrected chi connectivity index (χ4v) is 2.52. The van der Waals surface area contributed by atoms with Gasteiger partial charge in [0.1, 0.15) is 0 Å². The fraction of sp³-hybridized carbons (Fsp3) is 0.769. The zero-order valence-electron chi connectivity index (χ0n) is 12.3. The van der Waals surface area contributed by atoms with Crippen molar-refractivity contribution >= 4 is 5.96 Å². The van der Waals surface area contributed by atoms with E-state index in [1.54, 1.807) is 6.92 Å². The molecule has 0 bridgehead atoms. The van der Waals surface area contributed by atoms with Gasteiger partial charge in [0.25, 0.3) is 0 Å². The van der Waals surface area contributed by atoms with Crippen molar-refractivity contribution in [3.8, 4) is 0 Å². The van der Waals surface area contributed by atoms with E-state index in [0.29, 0.717) is 36.7 Å². The third kappa shape index (κ3) is 4.19. The maximum Gasteiger partial charge on any atom is 0.228 e. The standard InChI is InChI=1S/C13H24N6O/c1-3-19-8-4-5-11(19)9-16-13(14)15-7-6-12-17-10(2)18-20-12/h11H,3-9H2,1-2H3,(H3,14,15,16). The summed E-state index contributed by atoms with van der Waals surface area (Å²) in [5, 5.41) is 6.82. The number of likely N-dealkylation sites (N-methyl/N-ethyl adjacent to an activating group) is 1. The average molecular weight is 280 g/mol. The number of aryl methyl sites for hydroxylation is 1. The highest BCUT2D eigenvalue weighted by Gasteiger charge is 2.22. The van der Waals surface area contributed by atoms with E-state index in [9.17, 15) is 0 Å². The molecular formula is C13H24N6O. The Morgan fingerprint density at radius 3 is 3.15 bits per heavy atom. The molecule has 2 heterocycles. The smallest absolute Gasteiger partial charge is 0.228 e. The summed E-state index contributed by atoms with van der Waals surface area (Å²) < 4.78 is 5.03. The van der Waals surface area contributed by atoms with Gasteiger partial charge in [-0.2, -0.15) is 4.98 Å². The summed E-state index contributed by atoms with van der Waals surface area (Å²) in [7, 11) is 0. The van der Waals surface area contributed by atoms with E-state index < -0.39 is 0 Å². The molecule has 1 fully saturated rings. The second kappa shape index (κ2) is 7.23. The molecule has 1 unspecified atom stereocenters. The molecular weight excluding hydrogens is 256 g/mol. The summed E-state index contributed by atoms with van der Waals surface area (Å²) >= 11 is 0. The lowest BCUT2D eigenvalue weighted by Crippen LogP contribution is -2.36. The Kier molecular flexibility index (Phi) is 5.34. The molecule has 3 N–H and O–H groups in total. The normalized spacial score (nSPS) is 20.5. The topological polar surface area (TPSA) is 92.6 Å². The molecule has 112 valence electrons. The molecule has 0 amide bonds. The van der Waals surface area contributed by atoms with Crippen LogP contribution in [0.3, 0.4) is 0 Å². The van der Waals surface area contributed by atoms with Crippen LogP contribution in [0.25, 0.3) is 0 Å². The van der Waals surface area contributed by atoms with Gasteiger partial charge < -0.3 is 15.6 Å². The third-order valence-corrected chi connectivity index (χ3v) is 3.59. The maximum atomic E-state index is 5.86. The molecule has 0 aliphatic carbocycles. The molecule has 1 aromatic heterocycles. The molecule has 1 aliphatic heterocycles. The minimum Gasteiger partial charge on any atom is -0.370 e.